The summed E-state index contributed by atoms with van der Waals surface area (Å²) in [6.07, 6.45) is 0. The summed E-state index contributed by atoms with van der Waals surface area (Å²) in [6, 6.07) is 0. The number of hydrogen-bond acceptors (Lipinski definition) is 2. The lowest BCUT2D eigenvalue weighted by atomic mass is 10.3. The van der Waals surface area contributed by atoms with E-state index in [9.17, 15) is 4.79 Å². The van der Waals surface area contributed by atoms with Crippen molar-refractivity contribution >= 4 is 44.8 Å². The van der Waals surface area contributed by atoms with Crippen molar-refractivity contribution in [3.63, 3.8) is 0 Å². The second-order valence-electron chi connectivity index (χ2n) is 2.63. The minimum Gasteiger partial charge on any atom is -0.340 e. The van der Waals surface area contributed by atoms with Crippen LogP contribution in [-0.2, 0) is 11.3 Å². The second kappa shape index (κ2) is 4.98. The van der Waals surface area contributed by atoms with Crippen LogP contribution < -0.4 is 0 Å². The van der Waals surface area contributed by atoms with Crippen molar-refractivity contribution in [1.29, 1.82) is 0 Å². The van der Waals surface area contributed by atoms with Gasteiger partial charge in [-0.2, -0.15) is 11.3 Å². The van der Waals surface area contributed by atoms with Crippen molar-refractivity contribution in [2.45, 2.75) is 6.54 Å². The Morgan fingerprint density at radius 2 is 2.38 bits per heavy atom. The molecule has 0 unspecified atom stereocenters. The molecule has 13 heavy (non-hydrogen) atoms. The quantitative estimate of drug-likeness (QED) is 0.781. The van der Waals surface area contributed by atoms with E-state index in [2.05, 4.69) is 15.9 Å². The van der Waals surface area contributed by atoms with Crippen molar-refractivity contribution in [2.24, 2.45) is 0 Å². The Hall–Kier alpha value is -0.0600. The zero-order valence-electron chi connectivity index (χ0n) is 7.09. The van der Waals surface area contributed by atoms with E-state index in [0.29, 0.717) is 6.54 Å². The number of hydrogen-bond donors (Lipinski definition) is 0. The van der Waals surface area contributed by atoms with Crippen LogP contribution in [0.5, 0.6) is 0 Å². The molecule has 1 heterocycles. The molecule has 1 rings (SSSR count). The Bertz CT molecular complexity index is 302. The van der Waals surface area contributed by atoms with Gasteiger partial charge in [-0.25, -0.2) is 0 Å². The van der Waals surface area contributed by atoms with Gasteiger partial charge in [-0.1, -0.05) is 0 Å². The van der Waals surface area contributed by atoms with Crippen molar-refractivity contribution < 1.29 is 4.79 Å². The first kappa shape index (κ1) is 11.0. The van der Waals surface area contributed by atoms with Gasteiger partial charge >= 0.3 is 0 Å². The van der Waals surface area contributed by atoms with Crippen LogP contribution in [0.4, 0.5) is 0 Å². The summed E-state index contributed by atoms with van der Waals surface area (Å²) in [5, 5.41) is 4.01. The SMILES string of the molecule is CN(Cc1cscc1Br)C(=O)CCl. The molecule has 0 aromatic carbocycles. The van der Waals surface area contributed by atoms with Crippen LogP contribution in [-0.4, -0.2) is 23.7 Å². The molecule has 0 saturated carbocycles. The predicted molar refractivity (Wildman–Crippen MR) is 59.2 cm³/mol. The first-order valence-electron chi connectivity index (χ1n) is 3.65. The number of halogens is 2. The van der Waals surface area contributed by atoms with Gasteiger partial charge in [0, 0.05) is 23.4 Å². The maximum absolute atomic E-state index is 11.1. The van der Waals surface area contributed by atoms with Crippen molar-refractivity contribution in [1.82, 2.24) is 4.90 Å². The van der Waals surface area contributed by atoms with Crippen molar-refractivity contribution in [3.05, 3.63) is 20.8 Å². The van der Waals surface area contributed by atoms with E-state index in [1.165, 1.54) is 0 Å². The van der Waals surface area contributed by atoms with E-state index >= 15 is 0 Å². The normalized spacial score (nSPS) is 10.1. The summed E-state index contributed by atoms with van der Waals surface area (Å²) < 4.78 is 1.05. The standard InChI is InChI=1S/C8H9BrClNOS/c1-11(8(12)2-10)3-6-4-13-5-7(6)9/h4-5H,2-3H2,1H3. The van der Waals surface area contributed by atoms with Gasteiger partial charge in [0.15, 0.2) is 0 Å². The van der Waals surface area contributed by atoms with E-state index in [1.807, 2.05) is 10.8 Å². The van der Waals surface area contributed by atoms with E-state index in [0.717, 1.165) is 10.0 Å². The second-order valence-corrected chi connectivity index (χ2v) is 4.49. The average molecular weight is 283 g/mol. The van der Waals surface area contributed by atoms with Gasteiger partial charge in [0.1, 0.15) is 5.88 Å². The Balaban J connectivity index is 2.59. The number of nitrogens with zero attached hydrogens (tertiary/aromatic N) is 1. The van der Waals surface area contributed by atoms with Crippen LogP contribution in [0.25, 0.3) is 0 Å². The maximum Gasteiger partial charge on any atom is 0.237 e. The van der Waals surface area contributed by atoms with Gasteiger partial charge in [0.25, 0.3) is 0 Å². The summed E-state index contributed by atoms with van der Waals surface area (Å²) in [5.41, 5.74) is 1.12. The zero-order valence-corrected chi connectivity index (χ0v) is 10.2. The minimum atomic E-state index is -0.0558. The summed E-state index contributed by atoms with van der Waals surface area (Å²) >= 11 is 10.4. The van der Waals surface area contributed by atoms with Gasteiger partial charge in [-0.05, 0) is 26.9 Å². The third-order valence-electron chi connectivity index (χ3n) is 1.64. The molecule has 1 aromatic rings. The highest BCUT2D eigenvalue weighted by atomic mass is 79.9. The number of carbonyl (C=O) groups excluding carboxylic acids is 1. The van der Waals surface area contributed by atoms with Gasteiger partial charge in [-0.15, -0.1) is 11.6 Å². The largest absolute Gasteiger partial charge is 0.340 e. The topological polar surface area (TPSA) is 20.3 Å². The zero-order chi connectivity index (χ0) is 9.84. The molecule has 2 nitrogen and oxygen atoms in total. The fourth-order valence-electron chi connectivity index (χ4n) is 0.866. The lowest BCUT2D eigenvalue weighted by Gasteiger charge is -2.14. The highest BCUT2D eigenvalue weighted by molar-refractivity contribution is 9.10. The van der Waals surface area contributed by atoms with Crippen LogP contribution in [0.1, 0.15) is 5.56 Å². The Morgan fingerprint density at radius 1 is 1.69 bits per heavy atom. The van der Waals surface area contributed by atoms with Gasteiger partial charge in [0.05, 0.1) is 0 Å². The maximum atomic E-state index is 11.1. The van der Waals surface area contributed by atoms with Crippen LogP contribution in [0.15, 0.2) is 15.2 Å². The first-order valence-corrected chi connectivity index (χ1v) is 5.92. The third-order valence-corrected chi connectivity index (χ3v) is 3.70. The van der Waals surface area contributed by atoms with Crippen LogP contribution >= 0.6 is 38.9 Å². The monoisotopic (exact) mass is 281 g/mol. The lowest BCUT2D eigenvalue weighted by molar-refractivity contribution is -0.127. The summed E-state index contributed by atoms with van der Waals surface area (Å²) in [5.74, 6) is -0.0158. The molecule has 0 fully saturated rings. The number of rotatable bonds is 3. The number of amides is 1. The van der Waals surface area contributed by atoms with E-state index < -0.39 is 0 Å². The van der Waals surface area contributed by atoms with E-state index in [-0.39, 0.29) is 11.8 Å². The Labute approximate surface area is 94.6 Å². The molecule has 0 saturated heterocycles. The molecule has 1 aromatic heterocycles. The molecule has 5 heteroatoms. The lowest BCUT2D eigenvalue weighted by Crippen LogP contribution is -2.26. The Kier molecular flexibility index (Phi) is 4.22. The Morgan fingerprint density at radius 3 is 2.85 bits per heavy atom. The molecule has 0 atom stereocenters. The molecule has 0 aliphatic rings. The highest BCUT2D eigenvalue weighted by Gasteiger charge is 2.09. The summed E-state index contributed by atoms with van der Waals surface area (Å²) in [4.78, 5) is 12.7. The van der Waals surface area contributed by atoms with Crippen molar-refractivity contribution in [2.75, 3.05) is 12.9 Å². The molecular formula is C8H9BrClNOS. The molecule has 0 aliphatic heterocycles. The van der Waals surface area contributed by atoms with E-state index in [1.54, 1.807) is 23.3 Å². The summed E-state index contributed by atoms with van der Waals surface area (Å²) in [7, 11) is 1.74. The molecule has 1 amide bonds. The molecule has 0 aliphatic carbocycles. The molecule has 72 valence electrons. The molecule has 0 bridgehead atoms. The van der Waals surface area contributed by atoms with Gasteiger partial charge in [0.2, 0.25) is 5.91 Å². The molecule has 0 spiro atoms. The molecular weight excluding hydrogens is 274 g/mol. The molecule has 0 N–H and O–H groups in total. The average Bonchev–Trinajstić information content (AvgIpc) is 2.50. The van der Waals surface area contributed by atoms with Crippen LogP contribution in [0.3, 0.4) is 0 Å². The van der Waals surface area contributed by atoms with Crippen LogP contribution in [0, 0.1) is 0 Å². The fourth-order valence-corrected chi connectivity index (χ4v) is 2.49. The number of alkyl halides is 1. The smallest absolute Gasteiger partial charge is 0.237 e. The number of carbonyl (C=O) groups is 1. The molecule has 0 radical (unpaired) electrons. The van der Waals surface area contributed by atoms with Gasteiger partial charge in [-0.3, -0.25) is 4.79 Å². The third kappa shape index (κ3) is 2.97. The summed E-state index contributed by atoms with van der Waals surface area (Å²) in [6.45, 7) is 0.607. The van der Waals surface area contributed by atoms with E-state index in [4.69, 9.17) is 11.6 Å². The number of thiophene rings is 1. The minimum absolute atomic E-state index is 0.0399. The predicted octanol–water partition coefficient (Wildman–Crippen LogP) is 2.71. The van der Waals surface area contributed by atoms with Crippen LogP contribution in [0.2, 0.25) is 0 Å². The highest BCUT2D eigenvalue weighted by Crippen LogP contribution is 2.22. The van der Waals surface area contributed by atoms with Crippen molar-refractivity contribution in [3.8, 4) is 0 Å². The first-order chi connectivity index (χ1) is 6.15. The fraction of sp³-hybridized carbons (Fsp3) is 0.375. The van der Waals surface area contributed by atoms with Gasteiger partial charge < -0.3 is 4.90 Å².